The van der Waals surface area contributed by atoms with Gasteiger partial charge in [0, 0.05) is 25.1 Å². The van der Waals surface area contributed by atoms with E-state index in [0.29, 0.717) is 13.2 Å². The first-order valence-corrected chi connectivity index (χ1v) is 6.83. The van der Waals surface area contributed by atoms with Crippen LogP contribution in [0.4, 0.5) is 0 Å². The monoisotopic (exact) mass is 294 g/mol. The van der Waals surface area contributed by atoms with Crippen LogP contribution in [0.15, 0.2) is 24.3 Å². The topological polar surface area (TPSA) is 78.9 Å². The van der Waals surface area contributed by atoms with Crippen molar-refractivity contribution in [2.45, 2.75) is 19.4 Å². The van der Waals surface area contributed by atoms with Crippen LogP contribution in [0.1, 0.15) is 18.4 Å². The Hall–Kier alpha value is -2.08. The zero-order valence-electron chi connectivity index (χ0n) is 12.5. The molecule has 0 aromatic heterocycles. The molecule has 2 N–H and O–H groups in total. The van der Waals surface area contributed by atoms with E-state index in [1.54, 1.807) is 0 Å². The average Bonchev–Trinajstić information content (AvgIpc) is 2.43. The minimum atomic E-state index is -0.974. The largest absolute Gasteiger partial charge is 0.492 e. The van der Waals surface area contributed by atoms with Crippen LogP contribution in [-0.4, -0.2) is 49.1 Å². The van der Waals surface area contributed by atoms with Crippen LogP contribution in [0.25, 0.3) is 0 Å². The fourth-order valence-electron chi connectivity index (χ4n) is 1.63. The van der Waals surface area contributed by atoms with Gasteiger partial charge in [-0.15, -0.1) is 0 Å². The maximum Gasteiger partial charge on any atom is 0.303 e. The normalized spacial score (nSPS) is 10.4. The molecule has 1 aromatic rings. The first kappa shape index (κ1) is 17.0. The zero-order valence-corrected chi connectivity index (χ0v) is 12.5. The van der Waals surface area contributed by atoms with E-state index in [1.165, 1.54) is 0 Å². The highest BCUT2D eigenvalue weighted by atomic mass is 16.5. The number of aliphatic carboxylic acids is 1. The number of hydrogen-bond donors (Lipinski definition) is 2. The Morgan fingerprint density at radius 1 is 1.24 bits per heavy atom. The fraction of sp³-hybridized carbons (Fsp3) is 0.467. The number of nitrogens with one attached hydrogen (secondary N) is 1. The van der Waals surface area contributed by atoms with Crippen molar-refractivity contribution < 1.29 is 19.4 Å². The number of benzene rings is 1. The predicted octanol–water partition coefficient (Wildman–Crippen LogP) is 1.11. The second-order valence-electron chi connectivity index (χ2n) is 4.93. The number of carboxylic acids is 1. The van der Waals surface area contributed by atoms with Gasteiger partial charge in [0.1, 0.15) is 12.4 Å². The molecule has 0 saturated carbocycles. The molecule has 1 rings (SSSR count). The number of amides is 1. The van der Waals surface area contributed by atoms with E-state index in [4.69, 9.17) is 9.84 Å². The molecule has 0 heterocycles. The Morgan fingerprint density at radius 3 is 2.62 bits per heavy atom. The number of likely N-dealkylation sites (N-methyl/N-ethyl adjacent to an activating group) is 1. The molecule has 21 heavy (non-hydrogen) atoms. The number of carbonyl (C=O) groups is 2. The third-order valence-corrected chi connectivity index (χ3v) is 2.81. The number of carboxylic acid groups (broad SMARTS) is 1. The summed E-state index contributed by atoms with van der Waals surface area (Å²) >= 11 is 0. The molecule has 0 aliphatic rings. The lowest BCUT2D eigenvalue weighted by Gasteiger charge is -2.14. The van der Waals surface area contributed by atoms with E-state index in [2.05, 4.69) is 5.32 Å². The quantitative estimate of drug-likeness (QED) is 0.713. The van der Waals surface area contributed by atoms with Gasteiger partial charge in [0.2, 0.25) is 5.91 Å². The van der Waals surface area contributed by atoms with Crippen molar-refractivity contribution in [2.75, 3.05) is 27.2 Å². The molecule has 0 aliphatic carbocycles. The van der Waals surface area contributed by atoms with Crippen molar-refractivity contribution in [3.63, 3.8) is 0 Å². The van der Waals surface area contributed by atoms with Crippen LogP contribution in [0.3, 0.4) is 0 Å². The molecule has 1 amide bonds. The van der Waals surface area contributed by atoms with Gasteiger partial charge < -0.3 is 20.1 Å². The summed E-state index contributed by atoms with van der Waals surface area (Å²) in [5, 5.41) is 11.2. The Morgan fingerprint density at radius 2 is 1.95 bits per heavy atom. The second-order valence-corrected chi connectivity index (χ2v) is 4.93. The SMILES string of the molecule is CN(C)CCOc1ccccc1CNC(=O)CCC(=O)O. The van der Waals surface area contributed by atoms with Gasteiger partial charge in [-0.2, -0.15) is 0 Å². The molecule has 0 radical (unpaired) electrons. The molecule has 116 valence electrons. The molecule has 0 fully saturated rings. The zero-order chi connectivity index (χ0) is 15.7. The first-order valence-electron chi connectivity index (χ1n) is 6.83. The van der Waals surface area contributed by atoms with Crippen molar-refractivity contribution in [1.29, 1.82) is 0 Å². The number of para-hydroxylation sites is 1. The maximum absolute atomic E-state index is 11.5. The van der Waals surface area contributed by atoms with E-state index in [-0.39, 0.29) is 18.7 Å². The standard InChI is InChI=1S/C15H22N2O4/c1-17(2)9-10-21-13-6-4-3-5-12(13)11-16-14(18)7-8-15(19)20/h3-6H,7-11H2,1-2H3,(H,16,18)(H,19,20). The second kappa shape index (κ2) is 8.97. The molecule has 0 saturated heterocycles. The Kier molecular flexibility index (Phi) is 7.25. The molecular formula is C15H22N2O4. The summed E-state index contributed by atoms with van der Waals surface area (Å²) in [6.45, 7) is 1.70. The van der Waals surface area contributed by atoms with Crippen molar-refractivity contribution in [1.82, 2.24) is 10.2 Å². The minimum absolute atomic E-state index is 0.0149. The van der Waals surface area contributed by atoms with E-state index >= 15 is 0 Å². The van der Waals surface area contributed by atoms with E-state index < -0.39 is 5.97 Å². The summed E-state index contributed by atoms with van der Waals surface area (Å²) < 4.78 is 5.69. The molecule has 0 aliphatic heterocycles. The van der Waals surface area contributed by atoms with Gasteiger partial charge >= 0.3 is 5.97 Å². The molecule has 0 unspecified atom stereocenters. The van der Waals surface area contributed by atoms with Crippen LogP contribution in [0, 0.1) is 0 Å². The van der Waals surface area contributed by atoms with Crippen molar-refractivity contribution in [3.8, 4) is 5.75 Å². The average molecular weight is 294 g/mol. The lowest BCUT2D eigenvalue weighted by molar-refractivity contribution is -0.138. The van der Waals surface area contributed by atoms with Gasteiger partial charge in [-0.3, -0.25) is 9.59 Å². The summed E-state index contributed by atoms with van der Waals surface area (Å²) in [7, 11) is 3.94. The number of carbonyl (C=O) groups excluding carboxylic acids is 1. The highest BCUT2D eigenvalue weighted by Crippen LogP contribution is 2.17. The smallest absolute Gasteiger partial charge is 0.303 e. The molecule has 6 heteroatoms. The number of nitrogens with zero attached hydrogens (tertiary/aromatic N) is 1. The van der Waals surface area contributed by atoms with Crippen LogP contribution in [0.5, 0.6) is 5.75 Å². The Balaban J connectivity index is 2.46. The van der Waals surface area contributed by atoms with Gasteiger partial charge in [0.15, 0.2) is 0 Å². The third-order valence-electron chi connectivity index (χ3n) is 2.81. The summed E-state index contributed by atoms with van der Waals surface area (Å²) in [6.07, 6.45) is -0.175. The number of ether oxygens (including phenoxy) is 1. The minimum Gasteiger partial charge on any atom is -0.492 e. The Labute approximate surface area is 124 Å². The summed E-state index contributed by atoms with van der Waals surface area (Å²) in [4.78, 5) is 23.9. The molecular weight excluding hydrogens is 272 g/mol. The maximum atomic E-state index is 11.5. The lowest BCUT2D eigenvalue weighted by atomic mass is 10.2. The molecule has 1 aromatic carbocycles. The lowest BCUT2D eigenvalue weighted by Crippen LogP contribution is -2.24. The Bertz CT molecular complexity index is 474. The molecule has 0 atom stereocenters. The molecule has 6 nitrogen and oxygen atoms in total. The van der Waals surface area contributed by atoms with Gasteiger partial charge in [-0.25, -0.2) is 0 Å². The van der Waals surface area contributed by atoms with Crippen molar-refractivity contribution in [3.05, 3.63) is 29.8 Å². The summed E-state index contributed by atoms with van der Waals surface area (Å²) in [5.41, 5.74) is 0.875. The van der Waals surface area contributed by atoms with Crippen molar-refractivity contribution >= 4 is 11.9 Å². The predicted molar refractivity (Wildman–Crippen MR) is 79.2 cm³/mol. The highest BCUT2D eigenvalue weighted by Gasteiger charge is 2.07. The van der Waals surface area contributed by atoms with Gasteiger partial charge in [0.05, 0.1) is 6.42 Å². The highest BCUT2D eigenvalue weighted by molar-refractivity contribution is 5.80. The van der Waals surface area contributed by atoms with Crippen LogP contribution in [-0.2, 0) is 16.1 Å². The van der Waals surface area contributed by atoms with E-state index in [9.17, 15) is 9.59 Å². The first-order chi connectivity index (χ1) is 9.99. The third kappa shape index (κ3) is 7.31. The number of hydrogen-bond acceptors (Lipinski definition) is 4. The summed E-state index contributed by atoms with van der Waals surface area (Å²) in [5.74, 6) is -0.518. The fourth-order valence-corrected chi connectivity index (χ4v) is 1.63. The van der Waals surface area contributed by atoms with Gasteiger partial charge in [-0.1, -0.05) is 18.2 Å². The van der Waals surface area contributed by atoms with E-state index in [0.717, 1.165) is 17.9 Å². The van der Waals surface area contributed by atoms with Gasteiger partial charge in [-0.05, 0) is 20.2 Å². The van der Waals surface area contributed by atoms with Crippen molar-refractivity contribution in [2.24, 2.45) is 0 Å². The summed E-state index contributed by atoms with van der Waals surface area (Å²) in [6, 6.07) is 7.48. The number of rotatable bonds is 9. The van der Waals surface area contributed by atoms with Crippen LogP contribution in [0.2, 0.25) is 0 Å². The molecule has 0 bridgehead atoms. The van der Waals surface area contributed by atoms with Crippen LogP contribution >= 0.6 is 0 Å². The van der Waals surface area contributed by atoms with Crippen LogP contribution < -0.4 is 10.1 Å². The molecule has 0 spiro atoms. The van der Waals surface area contributed by atoms with Gasteiger partial charge in [0.25, 0.3) is 0 Å². The van der Waals surface area contributed by atoms with E-state index in [1.807, 2.05) is 43.3 Å².